The number of nitrogens with one attached hydrogen (secondary N) is 1. The number of amides is 1. The minimum atomic E-state index is -0.819. The lowest BCUT2D eigenvalue weighted by Gasteiger charge is -2.23. The minimum Gasteiger partial charge on any atom is -0.481 e. The third-order valence-corrected chi connectivity index (χ3v) is 3.58. The number of carbonyl (C=O) groups excluding carboxylic acids is 1. The number of carboxylic acids is 1. The molecular formula is C15H19NO3. The summed E-state index contributed by atoms with van der Waals surface area (Å²) in [6.07, 6.45) is 3.21. The van der Waals surface area contributed by atoms with Crippen LogP contribution in [0.4, 0.5) is 0 Å². The van der Waals surface area contributed by atoms with Crippen molar-refractivity contribution in [3.63, 3.8) is 0 Å². The van der Waals surface area contributed by atoms with Gasteiger partial charge in [0.25, 0.3) is 0 Å². The van der Waals surface area contributed by atoms with Gasteiger partial charge < -0.3 is 10.4 Å². The molecule has 102 valence electrons. The third kappa shape index (κ3) is 3.81. The standard InChI is InChI=1S/C15H19NO3/c17-14(18)6-3-9-16-15(19)13-8-7-11-4-1-2-5-12(11)10-13/h1-2,4-5,13H,3,6-10H2,(H,16,19)(H,17,18). The lowest BCUT2D eigenvalue weighted by atomic mass is 9.83. The van der Waals surface area contributed by atoms with E-state index in [0.717, 1.165) is 19.3 Å². The van der Waals surface area contributed by atoms with Crippen molar-refractivity contribution in [3.8, 4) is 0 Å². The van der Waals surface area contributed by atoms with Gasteiger partial charge in [0, 0.05) is 18.9 Å². The summed E-state index contributed by atoms with van der Waals surface area (Å²) in [5.74, 6) is -0.736. The Hall–Kier alpha value is -1.84. The quantitative estimate of drug-likeness (QED) is 0.794. The largest absolute Gasteiger partial charge is 0.481 e. The van der Waals surface area contributed by atoms with Crippen LogP contribution in [0.15, 0.2) is 24.3 Å². The Labute approximate surface area is 112 Å². The van der Waals surface area contributed by atoms with Crippen LogP contribution in [0.5, 0.6) is 0 Å². The molecule has 1 aliphatic rings. The lowest BCUT2D eigenvalue weighted by molar-refractivity contribution is -0.137. The SMILES string of the molecule is O=C(O)CCCNC(=O)C1CCc2ccccc2C1. The molecule has 2 rings (SSSR count). The molecule has 0 saturated carbocycles. The Bertz CT molecular complexity index is 470. The Morgan fingerprint density at radius 2 is 2.00 bits per heavy atom. The first-order chi connectivity index (χ1) is 9.16. The van der Waals surface area contributed by atoms with Gasteiger partial charge in [-0.05, 0) is 36.8 Å². The molecule has 1 aliphatic carbocycles. The highest BCUT2D eigenvalue weighted by atomic mass is 16.4. The second-order valence-corrected chi connectivity index (χ2v) is 5.00. The number of carboxylic acid groups (broad SMARTS) is 1. The first-order valence-electron chi connectivity index (χ1n) is 6.73. The van der Waals surface area contributed by atoms with E-state index in [1.807, 2.05) is 12.1 Å². The number of hydrogen-bond donors (Lipinski definition) is 2. The lowest BCUT2D eigenvalue weighted by Crippen LogP contribution is -2.34. The summed E-state index contributed by atoms with van der Waals surface area (Å²) in [5, 5.41) is 11.4. The fourth-order valence-corrected chi connectivity index (χ4v) is 2.52. The third-order valence-electron chi connectivity index (χ3n) is 3.58. The summed E-state index contributed by atoms with van der Waals surface area (Å²) in [6.45, 7) is 0.448. The highest BCUT2D eigenvalue weighted by molar-refractivity contribution is 5.79. The maximum absolute atomic E-state index is 12.0. The number of fused-ring (bicyclic) bond motifs is 1. The summed E-state index contributed by atoms with van der Waals surface area (Å²) in [4.78, 5) is 22.4. The molecule has 1 aromatic carbocycles. The Balaban J connectivity index is 1.80. The van der Waals surface area contributed by atoms with Crippen LogP contribution >= 0.6 is 0 Å². The van der Waals surface area contributed by atoms with Crippen molar-refractivity contribution < 1.29 is 14.7 Å². The van der Waals surface area contributed by atoms with Crippen LogP contribution in [0.3, 0.4) is 0 Å². The fourth-order valence-electron chi connectivity index (χ4n) is 2.52. The van der Waals surface area contributed by atoms with Gasteiger partial charge in [-0.1, -0.05) is 24.3 Å². The van der Waals surface area contributed by atoms with Crippen LogP contribution in [-0.2, 0) is 22.4 Å². The number of benzene rings is 1. The van der Waals surface area contributed by atoms with Gasteiger partial charge in [-0.3, -0.25) is 9.59 Å². The Morgan fingerprint density at radius 3 is 2.74 bits per heavy atom. The van der Waals surface area contributed by atoms with Crippen molar-refractivity contribution in [2.45, 2.75) is 32.1 Å². The number of hydrogen-bond acceptors (Lipinski definition) is 2. The number of aliphatic carboxylic acids is 1. The second-order valence-electron chi connectivity index (χ2n) is 5.00. The van der Waals surface area contributed by atoms with Crippen molar-refractivity contribution in [2.24, 2.45) is 5.92 Å². The van der Waals surface area contributed by atoms with E-state index < -0.39 is 5.97 Å². The molecule has 19 heavy (non-hydrogen) atoms. The van der Waals surface area contributed by atoms with Gasteiger partial charge in [-0.15, -0.1) is 0 Å². The van der Waals surface area contributed by atoms with Crippen LogP contribution < -0.4 is 5.32 Å². The predicted octanol–water partition coefficient (Wildman–Crippen LogP) is 1.77. The van der Waals surface area contributed by atoms with E-state index >= 15 is 0 Å². The van der Waals surface area contributed by atoms with Crippen LogP contribution in [-0.4, -0.2) is 23.5 Å². The van der Waals surface area contributed by atoms with Crippen LogP contribution in [0.1, 0.15) is 30.4 Å². The van der Waals surface area contributed by atoms with E-state index in [0.29, 0.717) is 13.0 Å². The molecular weight excluding hydrogens is 242 g/mol. The van der Waals surface area contributed by atoms with Crippen molar-refractivity contribution in [1.29, 1.82) is 0 Å². The zero-order valence-electron chi connectivity index (χ0n) is 10.9. The van der Waals surface area contributed by atoms with Crippen molar-refractivity contribution in [2.75, 3.05) is 6.54 Å². The summed E-state index contributed by atoms with van der Waals surface area (Å²) in [7, 11) is 0. The molecule has 0 bridgehead atoms. The molecule has 0 aromatic heterocycles. The molecule has 0 saturated heterocycles. The topological polar surface area (TPSA) is 66.4 Å². The van der Waals surface area contributed by atoms with E-state index in [2.05, 4.69) is 17.4 Å². The number of carbonyl (C=O) groups is 2. The van der Waals surface area contributed by atoms with Gasteiger partial charge in [-0.25, -0.2) is 0 Å². The zero-order valence-corrected chi connectivity index (χ0v) is 10.9. The van der Waals surface area contributed by atoms with Crippen molar-refractivity contribution in [3.05, 3.63) is 35.4 Å². The van der Waals surface area contributed by atoms with E-state index in [1.54, 1.807) is 0 Å². The Morgan fingerprint density at radius 1 is 1.26 bits per heavy atom. The van der Waals surface area contributed by atoms with E-state index in [1.165, 1.54) is 11.1 Å². The average molecular weight is 261 g/mol. The summed E-state index contributed by atoms with van der Waals surface area (Å²) in [6, 6.07) is 8.24. The molecule has 0 heterocycles. The maximum atomic E-state index is 12.0. The number of rotatable bonds is 5. The molecule has 0 radical (unpaired) electrons. The minimum absolute atomic E-state index is 0.0275. The molecule has 1 amide bonds. The van der Waals surface area contributed by atoms with E-state index in [9.17, 15) is 9.59 Å². The first-order valence-corrected chi connectivity index (χ1v) is 6.73. The molecule has 4 heteroatoms. The van der Waals surface area contributed by atoms with Crippen LogP contribution in [0.25, 0.3) is 0 Å². The fraction of sp³-hybridized carbons (Fsp3) is 0.467. The summed E-state index contributed by atoms with van der Waals surface area (Å²) in [5.41, 5.74) is 2.61. The molecule has 0 aliphatic heterocycles. The van der Waals surface area contributed by atoms with Crippen LogP contribution in [0, 0.1) is 5.92 Å². The predicted molar refractivity (Wildman–Crippen MR) is 71.8 cm³/mol. The Kier molecular flexibility index (Phi) is 4.55. The monoisotopic (exact) mass is 261 g/mol. The van der Waals surface area contributed by atoms with Crippen molar-refractivity contribution >= 4 is 11.9 Å². The van der Waals surface area contributed by atoms with Gasteiger partial charge in [0.05, 0.1) is 0 Å². The van der Waals surface area contributed by atoms with Gasteiger partial charge in [0.15, 0.2) is 0 Å². The van der Waals surface area contributed by atoms with Crippen molar-refractivity contribution in [1.82, 2.24) is 5.32 Å². The molecule has 4 nitrogen and oxygen atoms in total. The molecule has 1 atom stereocenters. The van der Waals surface area contributed by atoms with Crippen LogP contribution in [0.2, 0.25) is 0 Å². The zero-order chi connectivity index (χ0) is 13.7. The smallest absolute Gasteiger partial charge is 0.303 e. The van der Waals surface area contributed by atoms with Gasteiger partial charge in [0.2, 0.25) is 5.91 Å². The molecule has 0 spiro atoms. The molecule has 1 aromatic rings. The van der Waals surface area contributed by atoms with Gasteiger partial charge in [0.1, 0.15) is 0 Å². The molecule has 0 fully saturated rings. The molecule has 1 unspecified atom stereocenters. The second kappa shape index (κ2) is 6.36. The first kappa shape index (κ1) is 13.6. The summed E-state index contributed by atoms with van der Waals surface area (Å²) >= 11 is 0. The molecule has 2 N–H and O–H groups in total. The highest BCUT2D eigenvalue weighted by Gasteiger charge is 2.23. The average Bonchev–Trinajstić information content (AvgIpc) is 2.42. The normalized spacial score (nSPS) is 17.6. The number of aryl methyl sites for hydroxylation is 1. The van der Waals surface area contributed by atoms with E-state index in [4.69, 9.17) is 5.11 Å². The maximum Gasteiger partial charge on any atom is 0.303 e. The van der Waals surface area contributed by atoms with E-state index in [-0.39, 0.29) is 18.2 Å². The highest BCUT2D eigenvalue weighted by Crippen LogP contribution is 2.25. The van der Waals surface area contributed by atoms with Gasteiger partial charge in [-0.2, -0.15) is 0 Å². The summed E-state index contributed by atoms with van der Waals surface area (Å²) < 4.78 is 0. The van der Waals surface area contributed by atoms with Gasteiger partial charge >= 0.3 is 5.97 Å².